The first-order valence-corrected chi connectivity index (χ1v) is 7.79. The summed E-state index contributed by atoms with van der Waals surface area (Å²) >= 11 is 9.84. The van der Waals surface area contributed by atoms with E-state index in [2.05, 4.69) is 12.1 Å². The van der Waals surface area contributed by atoms with Gasteiger partial charge in [-0.2, -0.15) is 11.8 Å². The number of aliphatic hydroxyl groups excluding tert-OH is 1. The summed E-state index contributed by atoms with van der Waals surface area (Å²) in [7, 11) is 0. The quantitative estimate of drug-likeness (QED) is 0.889. The SMILES string of the molecule is CC(O)C(C)SCc1sc2ccccc2c1Cl. The van der Waals surface area contributed by atoms with E-state index in [0.29, 0.717) is 0 Å². The maximum absolute atomic E-state index is 9.46. The van der Waals surface area contributed by atoms with E-state index in [0.717, 1.165) is 16.2 Å². The van der Waals surface area contributed by atoms with Crippen LogP contribution in [0.3, 0.4) is 0 Å². The Balaban J connectivity index is 2.16. The first-order chi connectivity index (χ1) is 8.09. The van der Waals surface area contributed by atoms with Gasteiger partial charge in [0, 0.05) is 26.0 Å². The Kier molecular flexibility index (Phi) is 4.36. The van der Waals surface area contributed by atoms with Crippen molar-refractivity contribution in [1.29, 1.82) is 0 Å². The third-order valence-corrected chi connectivity index (χ3v) is 6.03. The lowest BCUT2D eigenvalue weighted by atomic mass is 10.2. The van der Waals surface area contributed by atoms with Crippen molar-refractivity contribution in [1.82, 2.24) is 0 Å². The normalized spacial score (nSPS) is 15.1. The zero-order valence-corrected chi connectivity index (χ0v) is 12.2. The summed E-state index contributed by atoms with van der Waals surface area (Å²) in [6, 6.07) is 8.19. The largest absolute Gasteiger partial charge is 0.392 e. The molecule has 92 valence electrons. The highest BCUT2D eigenvalue weighted by Crippen LogP contribution is 2.38. The molecule has 1 N–H and O–H groups in total. The number of thioether (sulfide) groups is 1. The van der Waals surface area contributed by atoms with Gasteiger partial charge in [0.05, 0.1) is 11.1 Å². The van der Waals surface area contributed by atoms with E-state index in [4.69, 9.17) is 11.6 Å². The molecule has 1 heterocycles. The molecule has 2 atom stereocenters. The Morgan fingerprint density at radius 2 is 2.06 bits per heavy atom. The molecule has 2 aromatic rings. The maximum Gasteiger partial charge on any atom is 0.0632 e. The number of halogens is 1. The lowest BCUT2D eigenvalue weighted by Crippen LogP contribution is -2.15. The van der Waals surface area contributed by atoms with E-state index in [1.165, 1.54) is 9.58 Å². The molecule has 0 bridgehead atoms. The van der Waals surface area contributed by atoms with Crippen LogP contribution < -0.4 is 0 Å². The van der Waals surface area contributed by atoms with E-state index >= 15 is 0 Å². The minimum Gasteiger partial charge on any atom is -0.392 e. The number of benzene rings is 1. The molecule has 0 aliphatic carbocycles. The monoisotopic (exact) mass is 286 g/mol. The maximum atomic E-state index is 9.46. The van der Waals surface area contributed by atoms with Crippen LogP contribution in [0.5, 0.6) is 0 Å². The predicted octanol–water partition coefficient (Wildman–Crippen LogP) is 4.56. The highest BCUT2D eigenvalue weighted by molar-refractivity contribution is 7.99. The first kappa shape index (κ1) is 13.2. The summed E-state index contributed by atoms with van der Waals surface area (Å²) in [5, 5.41) is 11.7. The third-order valence-electron chi connectivity index (χ3n) is 2.76. The smallest absolute Gasteiger partial charge is 0.0632 e. The average Bonchev–Trinajstić information content (AvgIpc) is 2.64. The summed E-state index contributed by atoms with van der Waals surface area (Å²) in [5.74, 6) is 0.865. The number of aliphatic hydroxyl groups is 1. The molecule has 0 saturated carbocycles. The summed E-state index contributed by atoms with van der Waals surface area (Å²) in [5.41, 5.74) is 0. The highest BCUT2D eigenvalue weighted by atomic mass is 35.5. The van der Waals surface area contributed by atoms with Crippen molar-refractivity contribution in [2.24, 2.45) is 0 Å². The van der Waals surface area contributed by atoms with Crippen LogP contribution in [0.25, 0.3) is 10.1 Å². The van der Waals surface area contributed by atoms with Crippen LogP contribution >= 0.6 is 34.7 Å². The van der Waals surface area contributed by atoms with Crippen molar-refractivity contribution < 1.29 is 5.11 Å². The third kappa shape index (κ3) is 2.97. The Morgan fingerprint density at radius 1 is 1.35 bits per heavy atom. The van der Waals surface area contributed by atoms with Crippen LogP contribution in [0.15, 0.2) is 24.3 Å². The number of thiophene rings is 1. The molecule has 0 spiro atoms. The Bertz CT molecular complexity index is 507. The van der Waals surface area contributed by atoms with Gasteiger partial charge < -0.3 is 5.11 Å². The van der Waals surface area contributed by atoms with Gasteiger partial charge in [0.1, 0.15) is 0 Å². The minimum atomic E-state index is -0.284. The van der Waals surface area contributed by atoms with Crippen molar-refractivity contribution in [3.63, 3.8) is 0 Å². The molecular weight excluding hydrogens is 272 g/mol. The van der Waals surface area contributed by atoms with E-state index in [1.54, 1.807) is 23.1 Å². The molecule has 1 aromatic carbocycles. The van der Waals surface area contributed by atoms with Crippen LogP contribution in [0.2, 0.25) is 5.02 Å². The van der Waals surface area contributed by atoms with Crippen molar-refractivity contribution in [2.75, 3.05) is 0 Å². The van der Waals surface area contributed by atoms with Crippen molar-refractivity contribution >= 4 is 44.8 Å². The molecule has 0 aliphatic rings. The molecule has 1 aromatic heterocycles. The molecule has 1 nitrogen and oxygen atoms in total. The second-order valence-electron chi connectivity index (χ2n) is 4.09. The molecule has 2 rings (SSSR count). The lowest BCUT2D eigenvalue weighted by molar-refractivity contribution is 0.196. The van der Waals surface area contributed by atoms with Gasteiger partial charge in [0.15, 0.2) is 0 Å². The molecule has 2 unspecified atom stereocenters. The van der Waals surface area contributed by atoms with Gasteiger partial charge in [-0.15, -0.1) is 11.3 Å². The fourth-order valence-electron chi connectivity index (χ4n) is 1.50. The van der Waals surface area contributed by atoms with Crippen molar-refractivity contribution in [2.45, 2.75) is 31.0 Å². The topological polar surface area (TPSA) is 20.2 Å². The summed E-state index contributed by atoms with van der Waals surface area (Å²) in [6.45, 7) is 3.86. The van der Waals surface area contributed by atoms with Gasteiger partial charge in [0.2, 0.25) is 0 Å². The molecule has 0 saturated heterocycles. The van der Waals surface area contributed by atoms with E-state index < -0.39 is 0 Å². The highest BCUT2D eigenvalue weighted by Gasteiger charge is 2.13. The van der Waals surface area contributed by atoms with E-state index in [9.17, 15) is 5.11 Å². The van der Waals surface area contributed by atoms with Gasteiger partial charge in [-0.25, -0.2) is 0 Å². The average molecular weight is 287 g/mol. The lowest BCUT2D eigenvalue weighted by Gasteiger charge is -2.13. The zero-order chi connectivity index (χ0) is 12.4. The number of hydrogen-bond donors (Lipinski definition) is 1. The van der Waals surface area contributed by atoms with Gasteiger partial charge in [-0.3, -0.25) is 0 Å². The summed E-state index contributed by atoms with van der Waals surface area (Å²) in [6.07, 6.45) is -0.284. The van der Waals surface area contributed by atoms with Gasteiger partial charge in [-0.05, 0) is 13.0 Å². The standard InChI is InChI=1S/C13H15ClOS2/c1-8(15)9(2)16-7-12-13(14)10-5-3-4-6-11(10)17-12/h3-6,8-9,15H,7H2,1-2H3. The van der Waals surface area contributed by atoms with Crippen LogP contribution in [-0.2, 0) is 5.75 Å². The summed E-state index contributed by atoms with van der Waals surface area (Å²) in [4.78, 5) is 1.20. The predicted molar refractivity (Wildman–Crippen MR) is 79.3 cm³/mol. The van der Waals surface area contributed by atoms with Crippen molar-refractivity contribution in [3.8, 4) is 0 Å². The molecule has 17 heavy (non-hydrogen) atoms. The fourth-order valence-corrected chi connectivity index (χ4v) is 4.16. The number of rotatable bonds is 4. The van der Waals surface area contributed by atoms with Crippen molar-refractivity contribution in [3.05, 3.63) is 34.2 Å². The Hall–Kier alpha value is -0.220. The molecule has 0 aliphatic heterocycles. The fraction of sp³-hybridized carbons (Fsp3) is 0.385. The Morgan fingerprint density at radius 3 is 2.71 bits per heavy atom. The molecule has 0 fully saturated rings. The molecular formula is C13H15ClOS2. The van der Waals surface area contributed by atoms with Gasteiger partial charge in [-0.1, -0.05) is 36.7 Å². The zero-order valence-electron chi connectivity index (χ0n) is 9.81. The second-order valence-corrected chi connectivity index (χ2v) is 6.97. The van der Waals surface area contributed by atoms with Gasteiger partial charge in [0.25, 0.3) is 0 Å². The van der Waals surface area contributed by atoms with E-state index in [1.807, 2.05) is 26.0 Å². The number of fused-ring (bicyclic) bond motifs is 1. The minimum absolute atomic E-state index is 0.233. The number of hydrogen-bond acceptors (Lipinski definition) is 3. The van der Waals surface area contributed by atoms with E-state index in [-0.39, 0.29) is 11.4 Å². The Labute approximate surface area is 115 Å². The summed E-state index contributed by atoms with van der Waals surface area (Å²) < 4.78 is 1.23. The van der Waals surface area contributed by atoms with Crippen LogP contribution in [0.1, 0.15) is 18.7 Å². The second kappa shape index (κ2) is 5.61. The first-order valence-electron chi connectivity index (χ1n) is 5.55. The van der Waals surface area contributed by atoms with Gasteiger partial charge >= 0.3 is 0 Å². The van der Waals surface area contributed by atoms with Crippen LogP contribution in [-0.4, -0.2) is 16.5 Å². The molecule has 0 amide bonds. The van der Waals surface area contributed by atoms with Crippen LogP contribution in [0, 0.1) is 0 Å². The van der Waals surface area contributed by atoms with Crippen LogP contribution in [0.4, 0.5) is 0 Å². The molecule has 4 heteroatoms. The molecule has 0 radical (unpaired) electrons.